The van der Waals surface area contributed by atoms with Crippen LogP contribution in [0.4, 0.5) is 28.8 Å². The maximum Gasteiger partial charge on any atom is 0.229 e. The lowest BCUT2D eigenvalue weighted by atomic mass is 10.2. The number of anilines is 5. The highest BCUT2D eigenvalue weighted by molar-refractivity contribution is 5.62. The summed E-state index contributed by atoms with van der Waals surface area (Å²) in [5.74, 6) is 2.06. The van der Waals surface area contributed by atoms with Crippen LogP contribution in [0, 0.1) is 6.92 Å². The van der Waals surface area contributed by atoms with Crippen LogP contribution in [0.25, 0.3) is 0 Å². The standard InChI is InChI=1S/C20H23N5O/c1-14-12-19(22-16-6-5-7-18(13-16)26-4)24-20(21-14)23-15-8-10-17(11-9-15)25(2)3/h5-13H,1-4H3,(H2,21,22,23,24). The molecule has 3 aromatic rings. The van der Waals surface area contributed by atoms with E-state index in [1.807, 2.05) is 75.6 Å². The summed E-state index contributed by atoms with van der Waals surface area (Å²) < 4.78 is 5.26. The lowest BCUT2D eigenvalue weighted by molar-refractivity contribution is 0.415. The first kappa shape index (κ1) is 17.5. The molecule has 26 heavy (non-hydrogen) atoms. The summed E-state index contributed by atoms with van der Waals surface area (Å²) in [4.78, 5) is 11.1. The molecule has 0 aliphatic carbocycles. The first-order chi connectivity index (χ1) is 12.5. The third-order valence-electron chi connectivity index (χ3n) is 3.84. The van der Waals surface area contributed by atoms with Gasteiger partial charge in [0.1, 0.15) is 11.6 Å². The van der Waals surface area contributed by atoms with Crippen LogP contribution in [-0.4, -0.2) is 31.2 Å². The number of rotatable bonds is 6. The molecule has 1 aromatic heterocycles. The molecule has 0 unspecified atom stereocenters. The summed E-state index contributed by atoms with van der Waals surface area (Å²) in [6.45, 7) is 1.94. The third-order valence-corrected chi connectivity index (χ3v) is 3.84. The number of nitrogens with zero attached hydrogens (tertiary/aromatic N) is 3. The third kappa shape index (κ3) is 4.42. The van der Waals surface area contributed by atoms with Gasteiger partial charge in [-0.2, -0.15) is 4.98 Å². The van der Waals surface area contributed by atoms with Crippen molar-refractivity contribution in [3.63, 3.8) is 0 Å². The van der Waals surface area contributed by atoms with E-state index in [-0.39, 0.29) is 0 Å². The Bertz CT molecular complexity index is 878. The topological polar surface area (TPSA) is 62.3 Å². The van der Waals surface area contributed by atoms with Gasteiger partial charge in [-0.1, -0.05) is 6.07 Å². The van der Waals surface area contributed by atoms with Gasteiger partial charge in [0.25, 0.3) is 0 Å². The molecule has 0 saturated heterocycles. The van der Waals surface area contributed by atoms with Crippen molar-refractivity contribution in [2.75, 3.05) is 36.7 Å². The van der Waals surface area contributed by atoms with Crippen LogP contribution < -0.4 is 20.3 Å². The molecule has 2 aromatic carbocycles. The van der Waals surface area contributed by atoms with Crippen molar-refractivity contribution in [2.24, 2.45) is 0 Å². The van der Waals surface area contributed by atoms with Crippen LogP contribution >= 0.6 is 0 Å². The van der Waals surface area contributed by atoms with Crippen molar-refractivity contribution in [2.45, 2.75) is 6.92 Å². The van der Waals surface area contributed by atoms with E-state index in [0.29, 0.717) is 5.95 Å². The number of aryl methyl sites for hydroxylation is 1. The fourth-order valence-electron chi connectivity index (χ4n) is 2.51. The van der Waals surface area contributed by atoms with Gasteiger partial charge in [0, 0.05) is 49.0 Å². The van der Waals surface area contributed by atoms with Crippen molar-refractivity contribution < 1.29 is 4.74 Å². The van der Waals surface area contributed by atoms with Crippen LogP contribution in [0.1, 0.15) is 5.69 Å². The maximum absolute atomic E-state index is 5.26. The van der Waals surface area contributed by atoms with Crippen molar-refractivity contribution in [1.82, 2.24) is 9.97 Å². The van der Waals surface area contributed by atoms with Gasteiger partial charge in [-0.15, -0.1) is 0 Å². The molecular weight excluding hydrogens is 326 g/mol. The second-order valence-electron chi connectivity index (χ2n) is 6.14. The van der Waals surface area contributed by atoms with E-state index in [1.165, 1.54) is 0 Å². The van der Waals surface area contributed by atoms with E-state index in [9.17, 15) is 0 Å². The lowest BCUT2D eigenvalue weighted by Gasteiger charge is -2.13. The Morgan fingerprint density at radius 1 is 0.885 bits per heavy atom. The number of hydrogen-bond donors (Lipinski definition) is 2. The smallest absolute Gasteiger partial charge is 0.229 e. The van der Waals surface area contributed by atoms with Crippen LogP contribution in [-0.2, 0) is 0 Å². The number of aromatic nitrogens is 2. The molecular formula is C20H23N5O. The second kappa shape index (κ2) is 7.74. The molecule has 6 heteroatoms. The number of nitrogens with one attached hydrogen (secondary N) is 2. The van der Waals surface area contributed by atoms with Gasteiger partial charge in [-0.05, 0) is 43.3 Å². The van der Waals surface area contributed by atoms with Gasteiger partial charge in [0.2, 0.25) is 5.95 Å². The van der Waals surface area contributed by atoms with E-state index in [2.05, 4.69) is 25.5 Å². The molecule has 0 bridgehead atoms. The summed E-state index contributed by atoms with van der Waals surface area (Å²) in [6, 6.07) is 17.7. The highest BCUT2D eigenvalue weighted by Gasteiger charge is 2.05. The van der Waals surface area contributed by atoms with Gasteiger partial charge >= 0.3 is 0 Å². The van der Waals surface area contributed by atoms with Crippen molar-refractivity contribution in [3.05, 3.63) is 60.3 Å². The Balaban J connectivity index is 1.78. The normalized spacial score (nSPS) is 10.3. The first-order valence-electron chi connectivity index (χ1n) is 8.34. The summed E-state index contributed by atoms with van der Waals surface area (Å²) in [5, 5.41) is 6.55. The summed E-state index contributed by atoms with van der Waals surface area (Å²) >= 11 is 0. The minimum absolute atomic E-state index is 0.549. The molecule has 0 spiro atoms. The fourth-order valence-corrected chi connectivity index (χ4v) is 2.51. The van der Waals surface area contributed by atoms with Crippen LogP contribution in [0.3, 0.4) is 0 Å². The molecule has 0 saturated carbocycles. The predicted octanol–water partition coefficient (Wildman–Crippen LogP) is 4.35. The SMILES string of the molecule is COc1cccc(Nc2cc(C)nc(Nc3ccc(N(C)C)cc3)n2)c1. The molecule has 0 amide bonds. The zero-order valence-electron chi connectivity index (χ0n) is 15.4. The quantitative estimate of drug-likeness (QED) is 0.690. The van der Waals surface area contributed by atoms with Gasteiger partial charge < -0.3 is 20.3 Å². The number of hydrogen-bond acceptors (Lipinski definition) is 6. The average Bonchev–Trinajstić information content (AvgIpc) is 2.62. The molecule has 0 radical (unpaired) electrons. The molecule has 134 valence electrons. The zero-order valence-corrected chi connectivity index (χ0v) is 15.4. The van der Waals surface area contributed by atoms with Crippen molar-refractivity contribution >= 4 is 28.8 Å². The molecule has 0 atom stereocenters. The van der Waals surface area contributed by atoms with Crippen molar-refractivity contribution in [3.8, 4) is 5.75 Å². The van der Waals surface area contributed by atoms with E-state index in [1.54, 1.807) is 7.11 Å². The van der Waals surface area contributed by atoms with E-state index in [4.69, 9.17) is 4.74 Å². The number of ether oxygens (including phenoxy) is 1. The number of benzene rings is 2. The highest BCUT2D eigenvalue weighted by atomic mass is 16.5. The molecule has 0 aliphatic heterocycles. The summed E-state index contributed by atoms with van der Waals surface area (Å²) in [7, 11) is 5.68. The van der Waals surface area contributed by atoms with Crippen LogP contribution in [0.5, 0.6) is 5.75 Å². The Kier molecular flexibility index (Phi) is 5.22. The van der Waals surface area contributed by atoms with E-state index < -0.39 is 0 Å². The lowest BCUT2D eigenvalue weighted by Crippen LogP contribution is -2.08. The largest absolute Gasteiger partial charge is 0.497 e. The average molecular weight is 349 g/mol. The molecule has 3 rings (SSSR count). The van der Waals surface area contributed by atoms with Gasteiger partial charge in [-0.25, -0.2) is 4.98 Å². The maximum atomic E-state index is 5.26. The van der Waals surface area contributed by atoms with Crippen LogP contribution in [0.15, 0.2) is 54.6 Å². The van der Waals surface area contributed by atoms with Gasteiger partial charge in [0.15, 0.2) is 0 Å². The molecule has 1 heterocycles. The predicted molar refractivity (Wildman–Crippen MR) is 107 cm³/mol. The molecule has 2 N–H and O–H groups in total. The summed E-state index contributed by atoms with van der Waals surface area (Å²) in [5.41, 5.74) is 3.86. The zero-order chi connectivity index (χ0) is 18.5. The highest BCUT2D eigenvalue weighted by Crippen LogP contribution is 2.23. The van der Waals surface area contributed by atoms with Gasteiger partial charge in [0.05, 0.1) is 7.11 Å². The Morgan fingerprint density at radius 3 is 2.35 bits per heavy atom. The summed E-state index contributed by atoms with van der Waals surface area (Å²) in [6.07, 6.45) is 0. The van der Waals surface area contributed by atoms with Crippen molar-refractivity contribution in [1.29, 1.82) is 0 Å². The second-order valence-corrected chi connectivity index (χ2v) is 6.14. The Hall–Kier alpha value is -3.28. The Morgan fingerprint density at radius 2 is 1.65 bits per heavy atom. The number of methoxy groups -OCH3 is 1. The Labute approximate surface area is 153 Å². The van der Waals surface area contributed by atoms with Crippen LogP contribution in [0.2, 0.25) is 0 Å². The van der Waals surface area contributed by atoms with E-state index >= 15 is 0 Å². The molecule has 0 fully saturated rings. The fraction of sp³-hybridized carbons (Fsp3) is 0.200. The molecule has 6 nitrogen and oxygen atoms in total. The first-order valence-corrected chi connectivity index (χ1v) is 8.34. The molecule has 0 aliphatic rings. The minimum Gasteiger partial charge on any atom is -0.497 e. The van der Waals surface area contributed by atoms with Gasteiger partial charge in [-0.3, -0.25) is 0 Å². The minimum atomic E-state index is 0.549. The van der Waals surface area contributed by atoms with E-state index in [0.717, 1.165) is 34.3 Å². The monoisotopic (exact) mass is 349 g/mol.